The number of aryl methyl sites for hydroxylation is 1. The van der Waals surface area contributed by atoms with Gasteiger partial charge in [-0.2, -0.15) is 0 Å². The molecule has 2 aliphatic rings. The van der Waals surface area contributed by atoms with Crippen LogP contribution in [0.2, 0.25) is 0 Å². The highest BCUT2D eigenvalue weighted by molar-refractivity contribution is 6.46. The summed E-state index contributed by atoms with van der Waals surface area (Å²) >= 11 is 0. The van der Waals surface area contributed by atoms with E-state index in [1.807, 2.05) is 31.2 Å². The lowest BCUT2D eigenvalue weighted by Crippen LogP contribution is -2.42. The Hall–Kier alpha value is -3.36. The lowest BCUT2D eigenvalue weighted by molar-refractivity contribution is -0.140. The van der Waals surface area contributed by atoms with Crippen LogP contribution in [0.5, 0.6) is 11.5 Å². The zero-order valence-corrected chi connectivity index (χ0v) is 19.7. The first-order chi connectivity index (χ1) is 16.4. The van der Waals surface area contributed by atoms with Gasteiger partial charge in [0.1, 0.15) is 5.76 Å². The molecule has 2 aromatic carbocycles. The first kappa shape index (κ1) is 23.8. The molecule has 1 N–H and O–H groups in total. The smallest absolute Gasteiger partial charge is 0.295 e. The largest absolute Gasteiger partial charge is 0.507 e. The molecule has 0 unspecified atom stereocenters. The third kappa shape index (κ3) is 4.64. The topological polar surface area (TPSA) is 88.5 Å². The number of aliphatic hydroxyl groups is 1. The highest BCUT2D eigenvalue weighted by Gasteiger charge is 2.46. The van der Waals surface area contributed by atoms with Gasteiger partial charge in [0.25, 0.3) is 11.7 Å². The monoisotopic (exact) mass is 466 g/mol. The Labute approximate surface area is 199 Å². The van der Waals surface area contributed by atoms with E-state index >= 15 is 0 Å². The number of carbonyl (C=O) groups is 2. The number of rotatable bonds is 7. The summed E-state index contributed by atoms with van der Waals surface area (Å²) in [6.45, 7) is 5.83. The van der Waals surface area contributed by atoms with Crippen LogP contribution in [0.1, 0.15) is 22.7 Å². The number of morpholine rings is 1. The Bertz CT molecular complexity index is 1090. The van der Waals surface area contributed by atoms with Gasteiger partial charge in [-0.15, -0.1) is 0 Å². The predicted molar refractivity (Wildman–Crippen MR) is 127 cm³/mol. The van der Waals surface area contributed by atoms with Gasteiger partial charge in [-0.1, -0.05) is 29.8 Å². The molecule has 2 aliphatic heterocycles. The van der Waals surface area contributed by atoms with Gasteiger partial charge in [-0.3, -0.25) is 14.5 Å². The second-order valence-electron chi connectivity index (χ2n) is 8.43. The van der Waals surface area contributed by atoms with Crippen molar-refractivity contribution in [1.82, 2.24) is 9.80 Å². The summed E-state index contributed by atoms with van der Waals surface area (Å²) < 4.78 is 16.0. The molecule has 0 saturated carbocycles. The molecule has 0 radical (unpaired) electrons. The van der Waals surface area contributed by atoms with Crippen molar-refractivity contribution in [3.8, 4) is 11.5 Å². The Balaban J connectivity index is 1.75. The molecule has 0 bridgehead atoms. The molecule has 2 saturated heterocycles. The number of carbonyl (C=O) groups excluding carboxylic acids is 2. The molecule has 2 heterocycles. The summed E-state index contributed by atoms with van der Waals surface area (Å²) in [6, 6.07) is 11.9. The third-order valence-electron chi connectivity index (χ3n) is 6.35. The van der Waals surface area contributed by atoms with Crippen molar-refractivity contribution in [1.29, 1.82) is 0 Å². The predicted octanol–water partition coefficient (Wildman–Crippen LogP) is 2.77. The number of methoxy groups -OCH3 is 2. The van der Waals surface area contributed by atoms with E-state index in [0.717, 1.165) is 24.2 Å². The van der Waals surface area contributed by atoms with Gasteiger partial charge < -0.3 is 24.2 Å². The van der Waals surface area contributed by atoms with E-state index in [1.54, 1.807) is 23.1 Å². The number of likely N-dealkylation sites (tertiary alicyclic amines) is 1. The minimum absolute atomic E-state index is 0.0723. The molecule has 1 amide bonds. The average Bonchev–Trinajstić information content (AvgIpc) is 3.12. The minimum Gasteiger partial charge on any atom is -0.507 e. The first-order valence-electron chi connectivity index (χ1n) is 11.3. The Morgan fingerprint density at radius 1 is 1.00 bits per heavy atom. The van der Waals surface area contributed by atoms with Gasteiger partial charge >= 0.3 is 0 Å². The maximum atomic E-state index is 13.2. The van der Waals surface area contributed by atoms with Crippen LogP contribution in [0.25, 0.3) is 5.76 Å². The molecule has 4 rings (SSSR count). The number of nitrogens with zero attached hydrogens (tertiary/aromatic N) is 2. The zero-order valence-electron chi connectivity index (χ0n) is 19.7. The van der Waals surface area contributed by atoms with Crippen molar-refractivity contribution in [3.05, 3.63) is 64.7 Å². The summed E-state index contributed by atoms with van der Waals surface area (Å²) in [5.74, 6) is -0.625. The Morgan fingerprint density at radius 2 is 1.68 bits per heavy atom. The summed E-state index contributed by atoms with van der Waals surface area (Å²) in [5, 5.41) is 11.3. The quantitative estimate of drug-likeness (QED) is 0.381. The number of aliphatic hydroxyl groups excluding tert-OH is 1. The first-order valence-corrected chi connectivity index (χ1v) is 11.3. The number of benzene rings is 2. The number of hydrogen-bond acceptors (Lipinski definition) is 7. The second-order valence-corrected chi connectivity index (χ2v) is 8.43. The molecule has 34 heavy (non-hydrogen) atoms. The van der Waals surface area contributed by atoms with Crippen molar-refractivity contribution < 1.29 is 28.9 Å². The molecule has 0 aliphatic carbocycles. The minimum atomic E-state index is -0.695. The van der Waals surface area contributed by atoms with Crippen molar-refractivity contribution in [2.75, 3.05) is 53.6 Å². The summed E-state index contributed by atoms with van der Waals surface area (Å²) in [5.41, 5.74) is 2.28. The van der Waals surface area contributed by atoms with E-state index in [2.05, 4.69) is 4.90 Å². The fourth-order valence-corrected chi connectivity index (χ4v) is 4.42. The lowest BCUT2D eigenvalue weighted by atomic mass is 9.94. The zero-order chi connectivity index (χ0) is 24.2. The molecule has 2 fully saturated rings. The fraction of sp³-hybridized carbons (Fsp3) is 0.385. The maximum Gasteiger partial charge on any atom is 0.295 e. The van der Waals surface area contributed by atoms with Gasteiger partial charge in [-0.25, -0.2) is 0 Å². The van der Waals surface area contributed by atoms with Gasteiger partial charge in [0, 0.05) is 31.7 Å². The van der Waals surface area contributed by atoms with Crippen molar-refractivity contribution >= 4 is 17.4 Å². The van der Waals surface area contributed by atoms with E-state index in [1.165, 1.54) is 14.2 Å². The van der Waals surface area contributed by atoms with E-state index in [0.29, 0.717) is 43.4 Å². The number of amides is 1. The molecule has 2 aromatic rings. The molecular weight excluding hydrogens is 436 g/mol. The molecule has 1 atom stereocenters. The number of Topliss-reactive ketones (excluding diaryl/α,β-unsaturated/α-hetero) is 1. The number of hydrogen-bond donors (Lipinski definition) is 1. The fourth-order valence-electron chi connectivity index (χ4n) is 4.42. The van der Waals surface area contributed by atoms with Crippen LogP contribution in [-0.2, 0) is 14.3 Å². The maximum absolute atomic E-state index is 13.2. The van der Waals surface area contributed by atoms with Crippen LogP contribution in [0.4, 0.5) is 0 Å². The van der Waals surface area contributed by atoms with Gasteiger partial charge in [-0.05, 0) is 30.7 Å². The van der Waals surface area contributed by atoms with Crippen molar-refractivity contribution in [2.24, 2.45) is 0 Å². The Morgan fingerprint density at radius 3 is 2.32 bits per heavy atom. The molecule has 8 heteroatoms. The van der Waals surface area contributed by atoms with Crippen LogP contribution in [-0.4, -0.2) is 80.2 Å². The van der Waals surface area contributed by atoms with Crippen molar-refractivity contribution in [2.45, 2.75) is 13.0 Å². The molecule has 180 valence electrons. The summed E-state index contributed by atoms with van der Waals surface area (Å²) in [7, 11) is 3.02. The van der Waals surface area contributed by atoms with Crippen LogP contribution in [0.15, 0.2) is 48.0 Å². The highest BCUT2D eigenvalue weighted by atomic mass is 16.5. The average molecular weight is 467 g/mol. The SMILES string of the molecule is COc1ccc(/C(O)=C2\C(=O)C(=O)N(CCN3CCOCC3)[C@@H]2c2ccc(C)cc2)cc1OC. The molecule has 0 aromatic heterocycles. The summed E-state index contributed by atoms with van der Waals surface area (Å²) in [4.78, 5) is 30.1. The van der Waals surface area contributed by atoms with Gasteiger partial charge in [0.05, 0.1) is 39.0 Å². The van der Waals surface area contributed by atoms with E-state index in [4.69, 9.17) is 14.2 Å². The second kappa shape index (κ2) is 10.3. The molecule has 0 spiro atoms. The highest BCUT2D eigenvalue weighted by Crippen LogP contribution is 2.40. The van der Waals surface area contributed by atoms with Crippen LogP contribution in [0, 0.1) is 6.92 Å². The normalized spacial score (nSPS) is 20.6. The number of ether oxygens (including phenoxy) is 3. The standard InChI is InChI=1S/C26H30N2O6/c1-17-4-6-18(7-5-17)23-22(24(29)19-8-9-20(32-2)21(16-19)33-3)25(30)26(31)28(23)11-10-27-12-14-34-15-13-27/h4-9,16,23,29H,10-15H2,1-3H3/b24-22+/t23-/m1/s1. The summed E-state index contributed by atoms with van der Waals surface area (Å²) in [6.07, 6.45) is 0. The lowest BCUT2D eigenvalue weighted by Gasteiger charge is -2.31. The van der Waals surface area contributed by atoms with Crippen LogP contribution in [0.3, 0.4) is 0 Å². The molecule has 8 nitrogen and oxygen atoms in total. The van der Waals surface area contributed by atoms with Crippen LogP contribution < -0.4 is 9.47 Å². The number of ketones is 1. The van der Waals surface area contributed by atoms with Crippen LogP contribution >= 0.6 is 0 Å². The third-order valence-corrected chi connectivity index (χ3v) is 6.35. The van der Waals surface area contributed by atoms with Gasteiger partial charge in [0.2, 0.25) is 0 Å². The van der Waals surface area contributed by atoms with Gasteiger partial charge in [0.15, 0.2) is 11.5 Å². The molecular formula is C26H30N2O6. The van der Waals surface area contributed by atoms with E-state index < -0.39 is 17.7 Å². The van der Waals surface area contributed by atoms with E-state index in [-0.39, 0.29) is 11.3 Å². The van der Waals surface area contributed by atoms with E-state index in [9.17, 15) is 14.7 Å². The Kier molecular flexibility index (Phi) is 7.19. The van der Waals surface area contributed by atoms with Crippen molar-refractivity contribution in [3.63, 3.8) is 0 Å².